The minimum atomic E-state index is -0.247. The molecule has 1 aromatic rings. The van der Waals surface area contributed by atoms with Gasteiger partial charge >= 0.3 is 0 Å². The lowest BCUT2D eigenvalue weighted by molar-refractivity contribution is -0.117. The van der Waals surface area contributed by atoms with E-state index in [9.17, 15) is 4.79 Å². The van der Waals surface area contributed by atoms with Crippen molar-refractivity contribution in [2.75, 3.05) is 0 Å². The molecular formula is C13H17NO. The monoisotopic (exact) mass is 203 g/mol. The highest BCUT2D eigenvalue weighted by Gasteiger charge is 2.04. The summed E-state index contributed by atoms with van der Waals surface area (Å²) in [7, 11) is 0. The molecule has 1 rings (SSSR count). The van der Waals surface area contributed by atoms with Crippen molar-refractivity contribution in [2.24, 2.45) is 5.73 Å². The Kier molecular flexibility index (Phi) is 4.10. The maximum atomic E-state index is 10.7. The molecule has 0 aliphatic heterocycles. The molecule has 2 N–H and O–H groups in total. The minimum Gasteiger partial charge on any atom is -0.370 e. The largest absolute Gasteiger partial charge is 0.370 e. The number of amides is 1. The third-order valence-corrected chi connectivity index (χ3v) is 2.48. The van der Waals surface area contributed by atoms with Crippen LogP contribution >= 0.6 is 0 Å². The van der Waals surface area contributed by atoms with E-state index in [0.29, 0.717) is 6.42 Å². The Morgan fingerprint density at radius 2 is 2.00 bits per heavy atom. The van der Waals surface area contributed by atoms with Crippen LogP contribution in [0.5, 0.6) is 0 Å². The molecule has 0 radical (unpaired) electrons. The van der Waals surface area contributed by atoms with Crippen LogP contribution in [0.3, 0.4) is 0 Å². The molecule has 0 spiro atoms. The first-order chi connectivity index (χ1) is 7.15. The second-order valence-corrected chi connectivity index (χ2v) is 3.60. The lowest BCUT2D eigenvalue weighted by Crippen LogP contribution is -2.10. The summed E-state index contributed by atoms with van der Waals surface area (Å²) in [5.41, 5.74) is 8.77. The van der Waals surface area contributed by atoms with E-state index in [-0.39, 0.29) is 5.91 Å². The fourth-order valence-corrected chi connectivity index (χ4v) is 1.63. The van der Waals surface area contributed by atoms with Gasteiger partial charge in [-0.05, 0) is 37.0 Å². The lowest BCUT2D eigenvalue weighted by Gasteiger charge is -2.09. The molecule has 0 aliphatic rings. The van der Waals surface area contributed by atoms with Gasteiger partial charge in [0.15, 0.2) is 0 Å². The molecule has 0 bridgehead atoms. The van der Waals surface area contributed by atoms with Gasteiger partial charge in [-0.15, -0.1) is 0 Å². The molecule has 0 saturated carbocycles. The van der Waals surface area contributed by atoms with Crippen LogP contribution in [0.1, 0.15) is 30.9 Å². The van der Waals surface area contributed by atoms with Crippen molar-refractivity contribution in [3.05, 3.63) is 41.5 Å². The molecule has 15 heavy (non-hydrogen) atoms. The molecule has 1 amide bonds. The van der Waals surface area contributed by atoms with Crippen LogP contribution in [0.25, 0.3) is 5.57 Å². The molecule has 0 aliphatic carbocycles. The topological polar surface area (TPSA) is 43.1 Å². The predicted molar refractivity (Wildman–Crippen MR) is 63.3 cm³/mol. The molecule has 0 saturated heterocycles. The van der Waals surface area contributed by atoms with E-state index >= 15 is 0 Å². The number of hydrogen-bond acceptors (Lipinski definition) is 1. The van der Waals surface area contributed by atoms with Crippen LogP contribution in [0.15, 0.2) is 30.3 Å². The first kappa shape index (κ1) is 11.5. The Balaban J connectivity index is 2.85. The molecule has 0 unspecified atom stereocenters. The molecule has 0 fully saturated rings. The summed E-state index contributed by atoms with van der Waals surface area (Å²) in [4.78, 5) is 10.7. The number of carbonyl (C=O) groups is 1. The smallest absolute Gasteiger partial charge is 0.217 e. The van der Waals surface area contributed by atoms with Crippen LogP contribution in [0.2, 0.25) is 0 Å². The number of primary amides is 1. The summed E-state index contributed by atoms with van der Waals surface area (Å²) in [6.07, 6.45) is 3.18. The number of benzene rings is 1. The number of aryl methyl sites for hydroxylation is 1. The highest BCUT2D eigenvalue weighted by atomic mass is 16.1. The molecule has 80 valence electrons. The summed E-state index contributed by atoms with van der Waals surface area (Å²) in [6, 6.07) is 8.17. The number of hydrogen-bond donors (Lipinski definition) is 1. The first-order valence-electron chi connectivity index (χ1n) is 5.14. The zero-order valence-corrected chi connectivity index (χ0v) is 9.29. The Labute approximate surface area is 90.8 Å². The Morgan fingerprint density at radius 1 is 1.33 bits per heavy atom. The fourth-order valence-electron chi connectivity index (χ4n) is 1.63. The highest BCUT2D eigenvalue weighted by molar-refractivity contribution is 5.77. The number of allylic oxidation sites excluding steroid dienone is 2. The second-order valence-electron chi connectivity index (χ2n) is 3.60. The normalized spacial score (nSPS) is 11.5. The summed E-state index contributed by atoms with van der Waals surface area (Å²) in [5.74, 6) is -0.247. The SMILES string of the molecule is C/C=C(/CCC(N)=O)c1ccccc1C. The standard InChI is InChI=1S/C13H17NO/c1-3-11(8-9-13(14)15)12-7-5-4-6-10(12)2/h3-7H,8-9H2,1-2H3,(H2,14,15)/b11-3-. The summed E-state index contributed by atoms with van der Waals surface area (Å²) >= 11 is 0. The van der Waals surface area contributed by atoms with E-state index in [2.05, 4.69) is 19.1 Å². The van der Waals surface area contributed by atoms with E-state index in [1.807, 2.05) is 25.1 Å². The van der Waals surface area contributed by atoms with Gasteiger partial charge in [0, 0.05) is 6.42 Å². The zero-order valence-electron chi connectivity index (χ0n) is 9.29. The summed E-state index contributed by atoms with van der Waals surface area (Å²) < 4.78 is 0. The average Bonchev–Trinajstić information content (AvgIpc) is 2.21. The Hall–Kier alpha value is -1.57. The van der Waals surface area contributed by atoms with Crippen molar-refractivity contribution in [2.45, 2.75) is 26.7 Å². The van der Waals surface area contributed by atoms with E-state index in [1.54, 1.807) is 0 Å². The van der Waals surface area contributed by atoms with Crippen molar-refractivity contribution in [1.82, 2.24) is 0 Å². The lowest BCUT2D eigenvalue weighted by atomic mass is 9.97. The van der Waals surface area contributed by atoms with Gasteiger partial charge in [-0.3, -0.25) is 4.79 Å². The van der Waals surface area contributed by atoms with Gasteiger partial charge in [0.1, 0.15) is 0 Å². The molecule has 1 aromatic carbocycles. The van der Waals surface area contributed by atoms with E-state index in [1.165, 1.54) is 16.7 Å². The third kappa shape index (κ3) is 3.24. The second kappa shape index (κ2) is 5.35. The quantitative estimate of drug-likeness (QED) is 0.803. The van der Waals surface area contributed by atoms with Crippen molar-refractivity contribution in [1.29, 1.82) is 0 Å². The van der Waals surface area contributed by atoms with Gasteiger partial charge in [-0.2, -0.15) is 0 Å². The van der Waals surface area contributed by atoms with Gasteiger partial charge in [-0.1, -0.05) is 30.3 Å². The van der Waals surface area contributed by atoms with Crippen LogP contribution in [0, 0.1) is 6.92 Å². The molecule has 0 atom stereocenters. The van der Waals surface area contributed by atoms with Crippen LogP contribution in [-0.2, 0) is 4.79 Å². The number of nitrogens with two attached hydrogens (primary N) is 1. The van der Waals surface area contributed by atoms with Crippen molar-refractivity contribution in [3.63, 3.8) is 0 Å². The van der Waals surface area contributed by atoms with Gasteiger partial charge in [0.25, 0.3) is 0 Å². The van der Waals surface area contributed by atoms with Crippen LogP contribution in [0.4, 0.5) is 0 Å². The first-order valence-corrected chi connectivity index (χ1v) is 5.14. The maximum absolute atomic E-state index is 10.7. The van der Waals surface area contributed by atoms with E-state index < -0.39 is 0 Å². The molecule has 0 heterocycles. The van der Waals surface area contributed by atoms with E-state index in [0.717, 1.165) is 6.42 Å². The fraction of sp³-hybridized carbons (Fsp3) is 0.308. The van der Waals surface area contributed by atoms with Gasteiger partial charge in [0.2, 0.25) is 5.91 Å². The molecular weight excluding hydrogens is 186 g/mol. The van der Waals surface area contributed by atoms with Gasteiger partial charge in [0.05, 0.1) is 0 Å². The molecule has 2 nitrogen and oxygen atoms in total. The van der Waals surface area contributed by atoms with Gasteiger partial charge in [-0.25, -0.2) is 0 Å². The van der Waals surface area contributed by atoms with Crippen molar-refractivity contribution in [3.8, 4) is 0 Å². The molecule has 2 heteroatoms. The van der Waals surface area contributed by atoms with Gasteiger partial charge < -0.3 is 5.73 Å². The van der Waals surface area contributed by atoms with Crippen molar-refractivity contribution >= 4 is 11.5 Å². The van der Waals surface area contributed by atoms with E-state index in [4.69, 9.17) is 5.73 Å². The molecule has 0 aromatic heterocycles. The Morgan fingerprint density at radius 3 is 2.53 bits per heavy atom. The predicted octanol–water partition coefficient (Wildman–Crippen LogP) is 2.66. The maximum Gasteiger partial charge on any atom is 0.217 e. The highest BCUT2D eigenvalue weighted by Crippen LogP contribution is 2.22. The number of rotatable bonds is 4. The summed E-state index contributed by atoms with van der Waals surface area (Å²) in [5, 5.41) is 0. The van der Waals surface area contributed by atoms with Crippen molar-refractivity contribution < 1.29 is 4.79 Å². The average molecular weight is 203 g/mol. The van der Waals surface area contributed by atoms with Crippen LogP contribution < -0.4 is 5.73 Å². The summed E-state index contributed by atoms with van der Waals surface area (Å²) in [6.45, 7) is 4.06. The Bertz CT molecular complexity index is 380. The zero-order chi connectivity index (χ0) is 11.3. The third-order valence-electron chi connectivity index (χ3n) is 2.48. The minimum absolute atomic E-state index is 0.247. The van der Waals surface area contributed by atoms with Crippen LogP contribution in [-0.4, -0.2) is 5.91 Å². The number of carbonyl (C=O) groups excluding carboxylic acids is 1.